The summed E-state index contributed by atoms with van der Waals surface area (Å²) in [4.78, 5) is 94.9. The number of likely N-dealkylation sites (tertiary alicyclic amines) is 1. The van der Waals surface area contributed by atoms with Crippen LogP contribution in [0.3, 0.4) is 0 Å². The molecular formula is C45H75N7O12. The maximum absolute atomic E-state index is 14.4. The number of nitrogens with two attached hydrogens (primary N) is 2. The summed E-state index contributed by atoms with van der Waals surface area (Å²) in [6.07, 6.45) is -2.18. The Kier molecular flexibility index (Phi) is 22.5. The SMILES string of the molecule is CC[C@H](C)C([C@@H](CC(=O)N1CCC[C@H]1[C@H](OC)[C@@H](C)C(N)=O)OC)N(C)C(=O)[C@@H](NC(=O)C(NC(=O)OCc1ccc(NC(=O)OC(C)OC(=O)[C@@H](N)C(C)C)cc1)C(C)C)C(C)C. The molecule has 1 aliphatic rings. The standard InChI is InChI=1S/C45H75N7O12/c1-14-27(8)38(33(60-12)22-34(53)52-21-15-16-32(52)39(61-13)28(9)40(47)54)51(11)42(56)37(26(6)7)49-41(55)36(25(4)5)50-44(58)62-23-30-17-19-31(20-18-30)48-45(59)64-29(10)63-43(57)35(46)24(2)3/h17-20,24-29,32-33,35-39H,14-16,21-23,46H2,1-13H3,(H2,47,54)(H,48,59)(H,49,55)(H,50,58)/t27-,28+,29?,32-,33+,35-,36?,37-,38?,39+/m0/s1. The van der Waals surface area contributed by atoms with Crippen LogP contribution in [0.2, 0.25) is 0 Å². The Balaban J connectivity index is 2.10. The molecule has 0 aliphatic carbocycles. The number of anilines is 1. The van der Waals surface area contributed by atoms with E-state index in [2.05, 4.69) is 16.0 Å². The molecule has 0 saturated carbocycles. The van der Waals surface area contributed by atoms with Crippen LogP contribution in [0.15, 0.2) is 24.3 Å². The monoisotopic (exact) mass is 906 g/mol. The smallest absolute Gasteiger partial charge is 0.414 e. The highest BCUT2D eigenvalue weighted by atomic mass is 16.7. The maximum atomic E-state index is 14.4. The van der Waals surface area contributed by atoms with E-state index in [0.717, 1.165) is 6.42 Å². The van der Waals surface area contributed by atoms with Gasteiger partial charge in [0.15, 0.2) is 0 Å². The third kappa shape index (κ3) is 15.9. The van der Waals surface area contributed by atoms with Gasteiger partial charge in [0.25, 0.3) is 0 Å². The number of likely N-dealkylation sites (N-methyl/N-ethyl adjacent to an activating group) is 1. The third-order valence-corrected chi connectivity index (χ3v) is 11.9. The quantitative estimate of drug-likeness (QED) is 0.0729. The molecule has 2 rings (SSSR count). The van der Waals surface area contributed by atoms with Gasteiger partial charge in [-0.1, -0.05) is 80.9 Å². The van der Waals surface area contributed by atoms with Crippen molar-refractivity contribution in [2.24, 2.45) is 41.1 Å². The Labute approximate surface area is 378 Å². The van der Waals surface area contributed by atoms with Gasteiger partial charge < -0.3 is 55.6 Å². The van der Waals surface area contributed by atoms with Crippen LogP contribution in [-0.4, -0.2) is 128 Å². The van der Waals surface area contributed by atoms with Gasteiger partial charge in [-0.3, -0.25) is 29.3 Å². The molecule has 64 heavy (non-hydrogen) atoms. The summed E-state index contributed by atoms with van der Waals surface area (Å²) >= 11 is 0. The molecule has 362 valence electrons. The first kappa shape index (κ1) is 55.1. The average molecular weight is 906 g/mol. The minimum absolute atomic E-state index is 0.0366. The van der Waals surface area contributed by atoms with E-state index in [-0.39, 0.29) is 42.7 Å². The number of ether oxygens (including phenoxy) is 5. The lowest BCUT2D eigenvalue weighted by Crippen LogP contribution is -2.60. The number of hydrogen-bond donors (Lipinski definition) is 5. The fourth-order valence-electron chi connectivity index (χ4n) is 7.67. The minimum atomic E-state index is -1.18. The number of nitrogens with zero attached hydrogens (tertiary/aromatic N) is 2. The topological polar surface area (TPSA) is 260 Å². The van der Waals surface area contributed by atoms with E-state index in [1.807, 2.05) is 13.8 Å². The fourth-order valence-corrected chi connectivity index (χ4v) is 7.67. The Morgan fingerprint density at radius 1 is 0.828 bits per heavy atom. The van der Waals surface area contributed by atoms with Crippen molar-refractivity contribution in [2.45, 2.75) is 150 Å². The van der Waals surface area contributed by atoms with E-state index < -0.39 is 90.4 Å². The summed E-state index contributed by atoms with van der Waals surface area (Å²) in [7, 11) is 4.64. The molecule has 19 heteroatoms. The largest absolute Gasteiger partial charge is 0.445 e. The minimum Gasteiger partial charge on any atom is -0.445 e. The van der Waals surface area contributed by atoms with Crippen LogP contribution in [0, 0.1) is 29.6 Å². The number of amides is 6. The second-order valence-corrected chi connectivity index (χ2v) is 17.7. The Morgan fingerprint density at radius 2 is 1.44 bits per heavy atom. The van der Waals surface area contributed by atoms with Crippen LogP contribution in [0.25, 0.3) is 0 Å². The molecule has 0 aromatic heterocycles. The predicted molar refractivity (Wildman–Crippen MR) is 239 cm³/mol. The van der Waals surface area contributed by atoms with Gasteiger partial charge in [-0.25, -0.2) is 9.59 Å². The van der Waals surface area contributed by atoms with Gasteiger partial charge in [0.05, 0.1) is 36.6 Å². The second kappa shape index (κ2) is 26.1. The molecule has 1 aromatic carbocycles. The molecule has 0 bridgehead atoms. The Morgan fingerprint density at radius 3 is 1.95 bits per heavy atom. The molecule has 7 N–H and O–H groups in total. The van der Waals surface area contributed by atoms with Gasteiger partial charge in [0.1, 0.15) is 24.7 Å². The molecule has 6 amide bonds. The van der Waals surface area contributed by atoms with Crippen LogP contribution < -0.4 is 27.4 Å². The number of nitrogens with one attached hydrogen (secondary N) is 3. The molecule has 1 aliphatic heterocycles. The highest BCUT2D eigenvalue weighted by Gasteiger charge is 2.43. The summed E-state index contributed by atoms with van der Waals surface area (Å²) in [5.74, 6) is -4.02. The summed E-state index contributed by atoms with van der Waals surface area (Å²) < 4.78 is 27.2. The number of benzene rings is 1. The molecule has 3 unspecified atom stereocenters. The van der Waals surface area contributed by atoms with Crippen LogP contribution >= 0.6 is 0 Å². The average Bonchev–Trinajstić information content (AvgIpc) is 3.72. The highest BCUT2D eigenvalue weighted by Crippen LogP contribution is 2.29. The van der Waals surface area contributed by atoms with E-state index in [1.54, 1.807) is 89.6 Å². The summed E-state index contributed by atoms with van der Waals surface area (Å²) in [5.41, 5.74) is 12.3. The van der Waals surface area contributed by atoms with Crippen LogP contribution in [0.4, 0.5) is 15.3 Å². The zero-order valence-corrected chi connectivity index (χ0v) is 40.0. The van der Waals surface area contributed by atoms with Gasteiger partial charge in [-0.15, -0.1) is 0 Å². The molecule has 1 fully saturated rings. The normalized spacial score (nSPS) is 18.1. The van der Waals surface area contributed by atoms with Gasteiger partial charge in [0, 0.05) is 40.4 Å². The van der Waals surface area contributed by atoms with Crippen LogP contribution in [0.1, 0.15) is 100 Å². The van der Waals surface area contributed by atoms with Crippen LogP contribution in [0.5, 0.6) is 0 Å². The first-order valence-corrected chi connectivity index (χ1v) is 22.2. The number of hydrogen-bond acceptors (Lipinski definition) is 13. The number of carbonyl (C=O) groups is 7. The summed E-state index contributed by atoms with van der Waals surface area (Å²) in [6, 6.07) is 2.51. The number of alkyl carbamates (subject to hydrolysis) is 1. The fraction of sp³-hybridized carbons (Fsp3) is 0.711. The lowest BCUT2D eigenvalue weighted by molar-refractivity contribution is -0.167. The van der Waals surface area contributed by atoms with Crippen molar-refractivity contribution in [3.63, 3.8) is 0 Å². The first-order chi connectivity index (χ1) is 30.0. The van der Waals surface area contributed by atoms with E-state index in [4.69, 9.17) is 35.2 Å². The van der Waals surface area contributed by atoms with Crippen molar-refractivity contribution < 1.29 is 57.2 Å². The predicted octanol–water partition coefficient (Wildman–Crippen LogP) is 3.90. The zero-order chi connectivity index (χ0) is 48.6. The van der Waals surface area contributed by atoms with Gasteiger partial charge >= 0.3 is 18.2 Å². The van der Waals surface area contributed by atoms with Gasteiger partial charge in [0.2, 0.25) is 29.9 Å². The Bertz CT molecular complexity index is 1710. The van der Waals surface area contributed by atoms with Crippen molar-refractivity contribution in [2.75, 3.05) is 33.1 Å². The molecule has 1 saturated heterocycles. The number of esters is 1. The number of primary amides is 1. The number of carbonyl (C=O) groups excluding carboxylic acids is 7. The third-order valence-electron chi connectivity index (χ3n) is 11.9. The van der Waals surface area contributed by atoms with E-state index in [0.29, 0.717) is 30.6 Å². The van der Waals surface area contributed by atoms with Crippen molar-refractivity contribution >= 4 is 47.5 Å². The lowest BCUT2D eigenvalue weighted by atomic mass is 9.89. The van der Waals surface area contributed by atoms with Crippen molar-refractivity contribution in [3.8, 4) is 0 Å². The Hall–Kier alpha value is -5.01. The molecule has 10 atom stereocenters. The van der Waals surface area contributed by atoms with Gasteiger partial charge in [-0.2, -0.15) is 0 Å². The van der Waals surface area contributed by atoms with Crippen molar-refractivity contribution in [1.82, 2.24) is 20.4 Å². The van der Waals surface area contributed by atoms with Crippen molar-refractivity contribution in [3.05, 3.63) is 29.8 Å². The summed E-state index contributed by atoms with van der Waals surface area (Å²) in [6.45, 7) is 18.0. The lowest BCUT2D eigenvalue weighted by Gasteiger charge is -2.41. The number of rotatable bonds is 24. The molecular weight excluding hydrogens is 831 g/mol. The van der Waals surface area contributed by atoms with Crippen LogP contribution in [-0.2, 0) is 54.3 Å². The van der Waals surface area contributed by atoms with Crippen molar-refractivity contribution in [1.29, 1.82) is 0 Å². The second-order valence-electron chi connectivity index (χ2n) is 17.7. The van der Waals surface area contributed by atoms with Gasteiger partial charge in [-0.05, 0) is 54.2 Å². The molecule has 1 aromatic rings. The molecule has 19 nitrogen and oxygen atoms in total. The van der Waals surface area contributed by atoms with E-state index in [9.17, 15) is 33.6 Å². The summed E-state index contributed by atoms with van der Waals surface area (Å²) in [5, 5.41) is 8.01. The number of methoxy groups -OCH3 is 2. The molecule has 1 heterocycles. The van der Waals surface area contributed by atoms with E-state index in [1.165, 1.54) is 21.1 Å². The first-order valence-electron chi connectivity index (χ1n) is 22.2. The maximum Gasteiger partial charge on any atom is 0.414 e. The zero-order valence-electron chi connectivity index (χ0n) is 40.0. The van der Waals surface area contributed by atoms with E-state index >= 15 is 0 Å². The molecule has 0 radical (unpaired) electrons. The molecule has 0 spiro atoms. The highest BCUT2D eigenvalue weighted by molar-refractivity contribution is 5.92.